The minimum Gasteiger partial charge on any atom is -0.486 e. The van der Waals surface area contributed by atoms with E-state index in [1.165, 1.54) is 11.3 Å². The van der Waals surface area contributed by atoms with Crippen LogP contribution in [-0.4, -0.2) is 61.0 Å². The molecule has 1 saturated heterocycles. The van der Waals surface area contributed by atoms with Gasteiger partial charge in [-0.2, -0.15) is 0 Å². The fourth-order valence-corrected chi connectivity index (χ4v) is 4.47. The molecule has 7 heteroatoms. The predicted octanol–water partition coefficient (Wildman–Crippen LogP) is 2.90. The second-order valence-corrected chi connectivity index (χ2v) is 8.23. The van der Waals surface area contributed by atoms with Crippen LogP contribution in [0.15, 0.2) is 41.8 Å². The fourth-order valence-electron chi connectivity index (χ4n) is 3.78. The Balaban J connectivity index is 1.34. The lowest BCUT2D eigenvalue weighted by Crippen LogP contribution is -2.48. The largest absolute Gasteiger partial charge is 0.486 e. The first kappa shape index (κ1) is 18.8. The highest BCUT2D eigenvalue weighted by Crippen LogP contribution is 2.31. The monoisotopic (exact) mass is 400 g/mol. The molecule has 6 nitrogen and oxygen atoms in total. The number of piperidine rings is 1. The van der Waals surface area contributed by atoms with Gasteiger partial charge in [-0.05, 0) is 36.4 Å². The average Bonchev–Trinajstić information content (AvgIpc) is 3.27. The molecule has 0 aliphatic carbocycles. The van der Waals surface area contributed by atoms with Gasteiger partial charge in [0.05, 0.1) is 17.3 Å². The van der Waals surface area contributed by atoms with Crippen molar-refractivity contribution < 1.29 is 19.1 Å². The van der Waals surface area contributed by atoms with Crippen molar-refractivity contribution in [1.82, 2.24) is 9.80 Å². The molecule has 4 rings (SSSR count). The number of hydrogen-bond donors (Lipinski definition) is 0. The van der Waals surface area contributed by atoms with Crippen LogP contribution in [0.2, 0.25) is 0 Å². The maximum absolute atomic E-state index is 13.0. The standard InChI is InChI=1S/C21H24N2O4S/c1-22(13-16-14-26-17-7-2-3-8-18(17)27-16)20(24)15-6-4-10-23(12-15)21(25)19-9-5-11-28-19/h2-3,5,7-9,11,15-16H,4,6,10,12-14H2,1H3/t15-,16+/m0/s1. The lowest BCUT2D eigenvalue weighted by Gasteiger charge is -2.35. The third kappa shape index (κ3) is 3.99. The maximum Gasteiger partial charge on any atom is 0.263 e. The second kappa shape index (κ2) is 8.22. The maximum atomic E-state index is 13.0. The van der Waals surface area contributed by atoms with Crippen LogP contribution >= 0.6 is 11.3 Å². The minimum atomic E-state index is -0.198. The Morgan fingerprint density at radius 3 is 2.82 bits per heavy atom. The molecule has 1 aromatic heterocycles. The summed E-state index contributed by atoms with van der Waals surface area (Å²) in [5.74, 6) is 1.37. The first-order chi connectivity index (χ1) is 13.6. The number of hydrogen-bond acceptors (Lipinski definition) is 5. The summed E-state index contributed by atoms with van der Waals surface area (Å²) in [6.45, 7) is 2.07. The number of fused-ring (bicyclic) bond motifs is 1. The van der Waals surface area contributed by atoms with E-state index < -0.39 is 0 Å². The van der Waals surface area contributed by atoms with Crippen LogP contribution in [-0.2, 0) is 4.79 Å². The molecule has 0 spiro atoms. The van der Waals surface area contributed by atoms with Crippen LogP contribution in [0.1, 0.15) is 22.5 Å². The van der Waals surface area contributed by atoms with Gasteiger partial charge in [0.1, 0.15) is 6.61 Å². The number of para-hydroxylation sites is 2. The van der Waals surface area contributed by atoms with E-state index in [1.54, 1.807) is 11.9 Å². The van der Waals surface area contributed by atoms with E-state index in [2.05, 4.69) is 0 Å². The van der Waals surface area contributed by atoms with Crippen molar-refractivity contribution in [2.45, 2.75) is 18.9 Å². The number of likely N-dealkylation sites (tertiary alicyclic amines) is 1. The molecule has 0 N–H and O–H groups in total. The zero-order valence-corrected chi connectivity index (χ0v) is 16.7. The number of nitrogens with zero attached hydrogens (tertiary/aromatic N) is 2. The summed E-state index contributed by atoms with van der Waals surface area (Å²) < 4.78 is 11.7. The lowest BCUT2D eigenvalue weighted by molar-refractivity contribution is -0.137. The van der Waals surface area contributed by atoms with Crippen molar-refractivity contribution in [3.8, 4) is 11.5 Å². The van der Waals surface area contributed by atoms with Crippen LogP contribution < -0.4 is 9.47 Å². The summed E-state index contributed by atoms with van der Waals surface area (Å²) in [5.41, 5.74) is 0. The Bertz CT molecular complexity index is 839. The van der Waals surface area contributed by atoms with Gasteiger partial charge in [-0.3, -0.25) is 9.59 Å². The van der Waals surface area contributed by atoms with Gasteiger partial charge in [0, 0.05) is 20.1 Å². The number of ether oxygens (including phenoxy) is 2. The van der Waals surface area contributed by atoms with E-state index in [0.29, 0.717) is 32.0 Å². The number of amides is 2. The van der Waals surface area contributed by atoms with E-state index in [0.717, 1.165) is 23.5 Å². The molecule has 148 valence electrons. The molecule has 0 bridgehead atoms. The Hall–Kier alpha value is -2.54. The molecule has 28 heavy (non-hydrogen) atoms. The number of benzene rings is 1. The van der Waals surface area contributed by atoms with Gasteiger partial charge >= 0.3 is 0 Å². The first-order valence-electron chi connectivity index (χ1n) is 9.58. The molecule has 0 saturated carbocycles. The van der Waals surface area contributed by atoms with E-state index in [4.69, 9.17) is 9.47 Å². The molecule has 1 aromatic carbocycles. The SMILES string of the molecule is CN(C[C@@H]1COc2ccccc2O1)C(=O)[C@H]1CCCN(C(=O)c2cccs2)C1. The topological polar surface area (TPSA) is 59.1 Å². The predicted molar refractivity (Wildman–Crippen MR) is 107 cm³/mol. The van der Waals surface area contributed by atoms with Crippen LogP contribution in [0.5, 0.6) is 11.5 Å². The second-order valence-electron chi connectivity index (χ2n) is 7.28. The van der Waals surface area contributed by atoms with Gasteiger partial charge in [0.15, 0.2) is 17.6 Å². The molecular formula is C21H24N2O4S. The third-order valence-electron chi connectivity index (χ3n) is 5.21. The summed E-state index contributed by atoms with van der Waals surface area (Å²) in [6.07, 6.45) is 1.45. The summed E-state index contributed by atoms with van der Waals surface area (Å²) in [5, 5.41) is 1.90. The van der Waals surface area contributed by atoms with Gasteiger partial charge < -0.3 is 19.3 Å². The summed E-state index contributed by atoms with van der Waals surface area (Å²) in [7, 11) is 1.80. The number of thiophene rings is 1. The number of likely N-dealkylation sites (N-methyl/N-ethyl adjacent to an activating group) is 1. The highest BCUT2D eigenvalue weighted by molar-refractivity contribution is 7.12. The van der Waals surface area contributed by atoms with Crippen molar-refractivity contribution in [3.05, 3.63) is 46.7 Å². The van der Waals surface area contributed by atoms with Gasteiger partial charge in [-0.25, -0.2) is 0 Å². The summed E-state index contributed by atoms with van der Waals surface area (Å²) in [4.78, 5) is 29.8. The molecule has 2 atom stereocenters. The zero-order chi connectivity index (χ0) is 19.5. The van der Waals surface area contributed by atoms with Crippen molar-refractivity contribution in [2.24, 2.45) is 5.92 Å². The van der Waals surface area contributed by atoms with Crippen molar-refractivity contribution in [2.75, 3.05) is 33.3 Å². The van der Waals surface area contributed by atoms with Crippen LogP contribution in [0.3, 0.4) is 0 Å². The highest BCUT2D eigenvalue weighted by Gasteiger charge is 2.32. The molecule has 0 unspecified atom stereocenters. The fraction of sp³-hybridized carbons (Fsp3) is 0.429. The molecule has 2 aromatic rings. The van der Waals surface area contributed by atoms with E-state index in [9.17, 15) is 9.59 Å². The highest BCUT2D eigenvalue weighted by atomic mass is 32.1. The van der Waals surface area contributed by atoms with Gasteiger partial charge in [-0.15, -0.1) is 11.3 Å². The normalized spacial score (nSPS) is 21.2. The van der Waals surface area contributed by atoms with Crippen molar-refractivity contribution >= 4 is 23.2 Å². The zero-order valence-electron chi connectivity index (χ0n) is 15.9. The van der Waals surface area contributed by atoms with Crippen LogP contribution in [0, 0.1) is 5.92 Å². The van der Waals surface area contributed by atoms with Gasteiger partial charge in [0.25, 0.3) is 5.91 Å². The molecule has 2 aliphatic rings. The molecule has 1 fully saturated rings. The van der Waals surface area contributed by atoms with Crippen molar-refractivity contribution in [3.63, 3.8) is 0 Å². The molecule has 0 radical (unpaired) electrons. The number of rotatable bonds is 4. The Kier molecular flexibility index (Phi) is 5.52. The molecule has 2 aliphatic heterocycles. The van der Waals surface area contributed by atoms with Gasteiger partial charge in [0.2, 0.25) is 5.91 Å². The number of carbonyl (C=O) groups is 2. The van der Waals surface area contributed by atoms with E-state index in [1.807, 2.05) is 46.7 Å². The number of carbonyl (C=O) groups excluding carboxylic acids is 2. The average molecular weight is 401 g/mol. The van der Waals surface area contributed by atoms with Crippen molar-refractivity contribution in [1.29, 1.82) is 0 Å². The van der Waals surface area contributed by atoms with Crippen LogP contribution in [0.4, 0.5) is 0 Å². The Morgan fingerprint density at radius 2 is 2.04 bits per heavy atom. The Morgan fingerprint density at radius 1 is 1.21 bits per heavy atom. The smallest absolute Gasteiger partial charge is 0.263 e. The van der Waals surface area contributed by atoms with E-state index in [-0.39, 0.29) is 23.8 Å². The van der Waals surface area contributed by atoms with E-state index >= 15 is 0 Å². The quantitative estimate of drug-likeness (QED) is 0.792. The molecular weight excluding hydrogens is 376 g/mol. The first-order valence-corrected chi connectivity index (χ1v) is 10.5. The minimum absolute atomic E-state index is 0.0239. The third-order valence-corrected chi connectivity index (χ3v) is 6.07. The van der Waals surface area contributed by atoms with Gasteiger partial charge in [-0.1, -0.05) is 18.2 Å². The molecule has 2 amide bonds. The lowest BCUT2D eigenvalue weighted by atomic mass is 9.96. The summed E-state index contributed by atoms with van der Waals surface area (Å²) >= 11 is 1.44. The summed E-state index contributed by atoms with van der Waals surface area (Å²) in [6, 6.07) is 11.3. The Labute approximate surface area is 168 Å². The van der Waals surface area contributed by atoms with Crippen LogP contribution in [0.25, 0.3) is 0 Å². The molecule has 3 heterocycles.